The van der Waals surface area contributed by atoms with E-state index >= 15 is 0 Å². The van der Waals surface area contributed by atoms with E-state index in [9.17, 15) is 9.59 Å². The highest BCUT2D eigenvalue weighted by Gasteiger charge is 2.37. The van der Waals surface area contributed by atoms with Gasteiger partial charge in [-0.05, 0) is 45.7 Å². The summed E-state index contributed by atoms with van der Waals surface area (Å²) in [4.78, 5) is 28.7. The lowest BCUT2D eigenvalue weighted by Crippen LogP contribution is -2.59. The second-order valence-electron chi connectivity index (χ2n) is 7.70. The zero-order chi connectivity index (χ0) is 18.6. The number of carbonyl (C=O) groups excluding carboxylic acids is 2. The summed E-state index contributed by atoms with van der Waals surface area (Å²) in [6.07, 6.45) is 2.54. The lowest BCUT2D eigenvalue weighted by Gasteiger charge is -2.41. The molecule has 2 rings (SSSR count). The number of piperazine rings is 1. The van der Waals surface area contributed by atoms with Gasteiger partial charge in [-0.2, -0.15) is 0 Å². The van der Waals surface area contributed by atoms with Crippen LogP contribution in [0.15, 0.2) is 24.3 Å². The number of unbranched alkanes of at least 4 members (excludes halogenated alkanes) is 1. The Labute approximate surface area is 150 Å². The van der Waals surface area contributed by atoms with Gasteiger partial charge in [0.2, 0.25) is 5.91 Å². The van der Waals surface area contributed by atoms with Crippen molar-refractivity contribution in [1.29, 1.82) is 0 Å². The average molecular weight is 346 g/mol. The zero-order valence-corrected chi connectivity index (χ0v) is 16.0. The molecule has 5 nitrogen and oxygen atoms in total. The highest BCUT2D eigenvalue weighted by Crippen LogP contribution is 2.26. The van der Waals surface area contributed by atoms with E-state index in [1.165, 1.54) is 0 Å². The molecule has 0 saturated carbocycles. The molecule has 25 heavy (non-hydrogen) atoms. The van der Waals surface area contributed by atoms with Crippen LogP contribution in [0.3, 0.4) is 0 Å². The summed E-state index contributed by atoms with van der Waals surface area (Å²) in [7, 11) is 0. The fourth-order valence-electron chi connectivity index (χ4n) is 3.09. The van der Waals surface area contributed by atoms with Crippen molar-refractivity contribution in [2.24, 2.45) is 0 Å². The van der Waals surface area contributed by atoms with Crippen molar-refractivity contribution in [3.05, 3.63) is 29.8 Å². The minimum Gasteiger partial charge on any atom is -0.444 e. The Balaban J connectivity index is 2.22. The third kappa shape index (κ3) is 4.97. The Bertz CT molecular complexity index is 622. The maximum atomic E-state index is 12.7. The smallest absolute Gasteiger partial charge is 0.411 e. The van der Waals surface area contributed by atoms with Crippen molar-refractivity contribution >= 4 is 17.7 Å². The van der Waals surface area contributed by atoms with Crippen LogP contribution in [0.1, 0.15) is 52.5 Å². The van der Waals surface area contributed by atoms with Crippen LogP contribution < -0.4 is 4.90 Å². The van der Waals surface area contributed by atoms with E-state index in [1.54, 1.807) is 4.90 Å². The van der Waals surface area contributed by atoms with Crippen LogP contribution in [-0.2, 0) is 9.53 Å². The lowest BCUT2D eigenvalue weighted by molar-refractivity contribution is -0.122. The molecule has 1 fully saturated rings. The van der Waals surface area contributed by atoms with E-state index in [0.717, 1.165) is 30.5 Å². The molecule has 1 atom stereocenters. The number of rotatable bonds is 4. The summed E-state index contributed by atoms with van der Waals surface area (Å²) < 4.78 is 5.52. The van der Waals surface area contributed by atoms with Gasteiger partial charge in [0.15, 0.2) is 0 Å². The Morgan fingerprint density at radius 2 is 1.96 bits per heavy atom. The SMILES string of the molecule is CCCCC1CN(c2ccccc2C)C(=O)CN1C(=O)OC(C)(C)C. The molecule has 0 aliphatic carbocycles. The average Bonchev–Trinajstić information content (AvgIpc) is 2.52. The number of hydrogen-bond acceptors (Lipinski definition) is 3. The van der Waals surface area contributed by atoms with E-state index in [0.29, 0.717) is 6.54 Å². The number of nitrogens with zero attached hydrogens (tertiary/aromatic N) is 2. The normalized spacial score (nSPS) is 18.4. The Hall–Kier alpha value is -2.04. The van der Waals surface area contributed by atoms with Crippen LogP contribution in [0, 0.1) is 6.92 Å². The third-order valence-electron chi connectivity index (χ3n) is 4.37. The molecular weight excluding hydrogens is 316 g/mol. The third-order valence-corrected chi connectivity index (χ3v) is 4.37. The first kappa shape index (κ1) is 19.3. The first-order valence-corrected chi connectivity index (χ1v) is 9.08. The predicted molar refractivity (Wildman–Crippen MR) is 99.8 cm³/mol. The predicted octanol–water partition coefficient (Wildman–Crippen LogP) is 4.14. The quantitative estimate of drug-likeness (QED) is 0.823. The molecule has 0 N–H and O–H groups in total. The van der Waals surface area contributed by atoms with E-state index in [2.05, 4.69) is 6.92 Å². The molecule has 1 aliphatic heterocycles. The molecule has 1 unspecified atom stereocenters. The summed E-state index contributed by atoms with van der Waals surface area (Å²) in [5.41, 5.74) is 1.43. The highest BCUT2D eigenvalue weighted by molar-refractivity contribution is 5.98. The van der Waals surface area contributed by atoms with E-state index < -0.39 is 11.7 Å². The summed E-state index contributed by atoms with van der Waals surface area (Å²) in [6.45, 7) is 10.3. The van der Waals surface area contributed by atoms with E-state index in [-0.39, 0.29) is 18.5 Å². The molecule has 1 heterocycles. The molecule has 1 aromatic rings. The van der Waals surface area contributed by atoms with Gasteiger partial charge in [-0.3, -0.25) is 9.69 Å². The molecule has 0 bridgehead atoms. The number of anilines is 1. The summed E-state index contributed by atoms with van der Waals surface area (Å²) in [5, 5.41) is 0. The molecule has 0 radical (unpaired) electrons. The number of aryl methyl sites for hydroxylation is 1. The van der Waals surface area contributed by atoms with Gasteiger partial charge in [-0.25, -0.2) is 4.79 Å². The van der Waals surface area contributed by atoms with Gasteiger partial charge in [0, 0.05) is 12.2 Å². The molecule has 0 spiro atoms. The van der Waals surface area contributed by atoms with Gasteiger partial charge in [-0.1, -0.05) is 38.0 Å². The molecule has 5 heteroatoms. The fraction of sp³-hybridized carbons (Fsp3) is 0.600. The number of hydrogen-bond donors (Lipinski definition) is 0. The molecule has 0 aromatic heterocycles. The van der Waals surface area contributed by atoms with Crippen molar-refractivity contribution in [2.45, 2.75) is 65.5 Å². The number of amides is 2. The molecule has 2 amide bonds. The van der Waals surface area contributed by atoms with E-state index in [1.807, 2.05) is 56.9 Å². The van der Waals surface area contributed by atoms with Crippen molar-refractivity contribution in [1.82, 2.24) is 4.90 Å². The lowest BCUT2D eigenvalue weighted by atomic mass is 10.0. The van der Waals surface area contributed by atoms with Gasteiger partial charge >= 0.3 is 6.09 Å². The van der Waals surface area contributed by atoms with Crippen LogP contribution in [0.2, 0.25) is 0 Å². The van der Waals surface area contributed by atoms with Crippen molar-refractivity contribution < 1.29 is 14.3 Å². The zero-order valence-electron chi connectivity index (χ0n) is 16.0. The standard InChI is InChI=1S/C20H30N2O3/c1-6-7-11-16-13-22(17-12-9-8-10-15(17)2)18(23)14-21(16)19(24)25-20(3,4)5/h8-10,12,16H,6-7,11,13-14H2,1-5H3. The highest BCUT2D eigenvalue weighted by atomic mass is 16.6. The van der Waals surface area contributed by atoms with Crippen molar-refractivity contribution in [3.8, 4) is 0 Å². The number of ether oxygens (including phenoxy) is 1. The first-order valence-electron chi connectivity index (χ1n) is 9.08. The minimum atomic E-state index is -0.567. The number of para-hydroxylation sites is 1. The largest absolute Gasteiger partial charge is 0.444 e. The van der Waals surface area contributed by atoms with Crippen LogP contribution in [0.4, 0.5) is 10.5 Å². The number of benzene rings is 1. The van der Waals surface area contributed by atoms with Crippen LogP contribution in [0.5, 0.6) is 0 Å². The second kappa shape index (κ2) is 7.89. The van der Waals surface area contributed by atoms with Gasteiger partial charge in [0.1, 0.15) is 12.1 Å². The summed E-state index contributed by atoms with van der Waals surface area (Å²) >= 11 is 0. The second-order valence-corrected chi connectivity index (χ2v) is 7.70. The molecule has 1 saturated heterocycles. The molecule has 1 aromatic carbocycles. The number of carbonyl (C=O) groups is 2. The van der Waals surface area contributed by atoms with Crippen molar-refractivity contribution in [3.63, 3.8) is 0 Å². The topological polar surface area (TPSA) is 49.9 Å². The Kier molecular flexibility index (Phi) is 6.09. The molecular formula is C20H30N2O3. The first-order chi connectivity index (χ1) is 11.7. The van der Waals surface area contributed by atoms with Gasteiger partial charge in [0.25, 0.3) is 0 Å². The van der Waals surface area contributed by atoms with Gasteiger partial charge in [0.05, 0.1) is 6.04 Å². The van der Waals surface area contributed by atoms with Gasteiger partial charge < -0.3 is 9.64 Å². The minimum absolute atomic E-state index is 0.0212. The Morgan fingerprint density at radius 1 is 1.28 bits per heavy atom. The van der Waals surface area contributed by atoms with Gasteiger partial charge in [-0.15, -0.1) is 0 Å². The fourth-order valence-corrected chi connectivity index (χ4v) is 3.09. The Morgan fingerprint density at radius 3 is 2.56 bits per heavy atom. The molecule has 138 valence electrons. The maximum Gasteiger partial charge on any atom is 0.411 e. The van der Waals surface area contributed by atoms with Crippen LogP contribution in [0.25, 0.3) is 0 Å². The monoisotopic (exact) mass is 346 g/mol. The van der Waals surface area contributed by atoms with Crippen LogP contribution in [-0.4, -0.2) is 41.6 Å². The summed E-state index contributed by atoms with van der Waals surface area (Å²) in [6, 6.07) is 7.86. The van der Waals surface area contributed by atoms with E-state index in [4.69, 9.17) is 4.74 Å². The molecule has 1 aliphatic rings. The maximum absolute atomic E-state index is 12.7. The summed E-state index contributed by atoms with van der Waals surface area (Å²) in [5.74, 6) is -0.0621. The van der Waals surface area contributed by atoms with Crippen molar-refractivity contribution in [2.75, 3.05) is 18.0 Å². The van der Waals surface area contributed by atoms with Crippen LogP contribution >= 0.6 is 0 Å².